The normalized spacial score (nSPS) is 33.2. The largest absolute Gasteiger partial charge is 0.364 e. The highest BCUT2D eigenvalue weighted by Crippen LogP contribution is 2.47. The lowest BCUT2D eigenvalue weighted by Crippen LogP contribution is -2.46. The van der Waals surface area contributed by atoms with Crippen LogP contribution in [0.15, 0.2) is 96.3 Å². The molecule has 0 spiro atoms. The second kappa shape index (κ2) is 7.71. The van der Waals surface area contributed by atoms with Crippen LogP contribution in [-0.4, -0.2) is 17.0 Å². The molecule has 3 aliphatic carbocycles. The summed E-state index contributed by atoms with van der Waals surface area (Å²) in [6.45, 7) is 4.85. The zero-order chi connectivity index (χ0) is 19.8. The van der Waals surface area contributed by atoms with E-state index >= 15 is 0 Å². The molecule has 0 saturated heterocycles. The van der Waals surface area contributed by atoms with Gasteiger partial charge in [-0.15, -0.1) is 0 Å². The first-order valence-electron chi connectivity index (χ1n) is 11.2. The topological polar surface area (TPSA) is 3.24 Å². The van der Waals surface area contributed by atoms with E-state index in [0.717, 1.165) is 6.42 Å². The molecule has 0 radical (unpaired) electrons. The van der Waals surface area contributed by atoms with E-state index in [0.29, 0.717) is 29.8 Å². The van der Waals surface area contributed by atoms with Gasteiger partial charge >= 0.3 is 0 Å². The second-order valence-electron chi connectivity index (χ2n) is 8.89. The second-order valence-corrected chi connectivity index (χ2v) is 8.89. The first-order valence-corrected chi connectivity index (χ1v) is 11.2. The Morgan fingerprint density at radius 1 is 0.931 bits per heavy atom. The van der Waals surface area contributed by atoms with Crippen molar-refractivity contribution in [3.05, 3.63) is 102 Å². The van der Waals surface area contributed by atoms with Crippen molar-refractivity contribution in [2.75, 3.05) is 0 Å². The van der Waals surface area contributed by atoms with Gasteiger partial charge in [-0.2, -0.15) is 0 Å². The van der Waals surface area contributed by atoms with Gasteiger partial charge in [-0.1, -0.05) is 91.9 Å². The lowest BCUT2D eigenvalue weighted by atomic mass is 9.74. The number of rotatable bonds is 3. The van der Waals surface area contributed by atoms with E-state index in [9.17, 15) is 0 Å². The Bertz CT molecular complexity index is 940. The summed E-state index contributed by atoms with van der Waals surface area (Å²) in [4.78, 5) is 2.81. The van der Waals surface area contributed by atoms with Crippen LogP contribution in [0.2, 0.25) is 0 Å². The minimum Gasteiger partial charge on any atom is -0.364 e. The summed E-state index contributed by atoms with van der Waals surface area (Å²) in [5.41, 5.74) is 6.00. The van der Waals surface area contributed by atoms with Crippen molar-refractivity contribution in [1.29, 1.82) is 0 Å². The molecule has 0 saturated carbocycles. The molecule has 5 atom stereocenters. The van der Waals surface area contributed by atoms with Gasteiger partial charge in [0.1, 0.15) is 0 Å². The molecular weight excluding hydrogens is 350 g/mol. The lowest BCUT2D eigenvalue weighted by Gasteiger charge is -2.45. The zero-order valence-electron chi connectivity index (χ0n) is 17.5. The Morgan fingerprint density at radius 2 is 1.79 bits per heavy atom. The van der Waals surface area contributed by atoms with E-state index in [1.54, 1.807) is 11.3 Å². The van der Waals surface area contributed by atoms with E-state index in [1.807, 2.05) is 0 Å². The third kappa shape index (κ3) is 3.17. The van der Waals surface area contributed by atoms with Crippen molar-refractivity contribution < 1.29 is 0 Å². The quantitative estimate of drug-likeness (QED) is 0.563. The minimum atomic E-state index is 0.389. The number of nitrogens with zero attached hydrogens (tertiary/aromatic N) is 1. The van der Waals surface area contributed by atoms with Crippen molar-refractivity contribution in [3.8, 4) is 0 Å². The van der Waals surface area contributed by atoms with Gasteiger partial charge in [-0.25, -0.2) is 0 Å². The molecule has 148 valence electrons. The van der Waals surface area contributed by atoms with E-state index in [-0.39, 0.29) is 0 Å². The molecule has 0 bridgehead atoms. The third-order valence-corrected chi connectivity index (χ3v) is 7.35. The Hall–Kier alpha value is -2.54. The molecule has 1 heterocycles. The summed E-state index contributed by atoms with van der Waals surface area (Å²) in [6, 6.07) is 12.0. The van der Waals surface area contributed by atoms with Crippen LogP contribution in [0.5, 0.6) is 0 Å². The SMILES string of the molecule is CC1C2=C(CCC=C2)N(C2C(c3ccccc3)=CC=CC2C2C=CC=CC2)C1C. The van der Waals surface area contributed by atoms with Crippen LogP contribution in [-0.2, 0) is 0 Å². The van der Waals surface area contributed by atoms with E-state index in [2.05, 4.69) is 104 Å². The molecule has 0 fully saturated rings. The predicted octanol–water partition coefficient (Wildman–Crippen LogP) is 6.70. The Balaban J connectivity index is 1.61. The van der Waals surface area contributed by atoms with Crippen molar-refractivity contribution in [1.82, 2.24) is 4.90 Å². The zero-order valence-corrected chi connectivity index (χ0v) is 17.5. The average Bonchev–Trinajstić information content (AvgIpc) is 3.04. The molecule has 4 aliphatic rings. The monoisotopic (exact) mass is 381 g/mol. The Labute approximate surface area is 175 Å². The van der Waals surface area contributed by atoms with Crippen LogP contribution >= 0.6 is 0 Å². The number of hydrogen-bond donors (Lipinski definition) is 0. The number of benzene rings is 1. The van der Waals surface area contributed by atoms with Gasteiger partial charge in [0.2, 0.25) is 0 Å². The van der Waals surface area contributed by atoms with Gasteiger partial charge in [0, 0.05) is 23.6 Å². The van der Waals surface area contributed by atoms with Crippen molar-refractivity contribution in [2.24, 2.45) is 17.8 Å². The summed E-state index contributed by atoms with van der Waals surface area (Å²) in [5.74, 6) is 1.63. The molecule has 1 nitrogen and oxygen atoms in total. The summed E-state index contributed by atoms with van der Waals surface area (Å²) in [7, 11) is 0. The highest BCUT2D eigenvalue weighted by atomic mass is 15.2. The third-order valence-electron chi connectivity index (χ3n) is 7.35. The summed E-state index contributed by atoms with van der Waals surface area (Å²) in [5, 5.41) is 0. The molecule has 1 aromatic carbocycles. The molecule has 1 heteroatoms. The number of allylic oxidation sites excluding steroid dienone is 9. The van der Waals surface area contributed by atoms with Gasteiger partial charge in [-0.05, 0) is 48.8 Å². The maximum Gasteiger partial charge on any atom is 0.0617 e. The fraction of sp³-hybridized carbons (Fsp3) is 0.357. The Morgan fingerprint density at radius 3 is 2.59 bits per heavy atom. The molecule has 5 unspecified atom stereocenters. The van der Waals surface area contributed by atoms with Gasteiger partial charge in [0.25, 0.3) is 0 Å². The number of hydrogen-bond acceptors (Lipinski definition) is 1. The first kappa shape index (κ1) is 18.5. The van der Waals surface area contributed by atoms with Crippen molar-refractivity contribution in [3.63, 3.8) is 0 Å². The molecule has 29 heavy (non-hydrogen) atoms. The van der Waals surface area contributed by atoms with Gasteiger partial charge in [0.05, 0.1) is 6.04 Å². The van der Waals surface area contributed by atoms with Crippen LogP contribution in [0.3, 0.4) is 0 Å². The molecule has 0 aromatic heterocycles. The molecule has 1 aromatic rings. The summed E-state index contributed by atoms with van der Waals surface area (Å²) < 4.78 is 0. The molecule has 5 rings (SSSR count). The van der Waals surface area contributed by atoms with Crippen LogP contribution < -0.4 is 0 Å². The molecule has 0 N–H and O–H groups in total. The molecule has 0 amide bonds. The van der Waals surface area contributed by atoms with Gasteiger partial charge in [-0.3, -0.25) is 0 Å². The van der Waals surface area contributed by atoms with Crippen LogP contribution in [0.4, 0.5) is 0 Å². The highest BCUT2D eigenvalue weighted by molar-refractivity contribution is 5.73. The summed E-state index contributed by atoms with van der Waals surface area (Å²) in [6.07, 6.45) is 24.6. The predicted molar refractivity (Wildman–Crippen MR) is 123 cm³/mol. The maximum atomic E-state index is 2.81. The Kier molecular flexibility index (Phi) is 4.91. The maximum absolute atomic E-state index is 2.81. The highest BCUT2D eigenvalue weighted by Gasteiger charge is 2.44. The van der Waals surface area contributed by atoms with Crippen molar-refractivity contribution >= 4 is 5.57 Å². The van der Waals surface area contributed by atoms with E-state index in [4.69, 9.17) is 0 Å². The van der Waals surface area contributed by atoms with Gasteiger partial charge in [0.15, 0.2) is 0 Å². The molecular formula is C28H31N. The van der Waals surface area contributed by atoms with Gasteiger partial charge < -0.3 is 4.90 Å². The fourth-order valence-electron chi connectivity index (χ4n) is 5.73. The molecule has 1 aliphatic heterocycles. The van der Waals surface area contributed by atoms with Crippen LogP contribution in [0.25, 0.3) is 5.57 Å². The standard InChI is InChI=1S/C28H31N/c1-20-21(2)29(27-19-10-9-16-24(20)27)28-25(22-12-5-3-6-13-22)17-11-18-26(28)23-14-7-4-8-15-23/h3-9,11-14,16-18,20-21,23,26,28H,10,15,19H2,1-2H3. The van der Waals surface area contributed by atoms with Crippen LogP contribution in [0.1, 0.15) is 38.7 Å². The average molecular weight is 382 g/mol. The first-order chi connectivity index (χ1) is 14.3. The van der Waals surface area contributed by atoms with E-state index < -0.39 is 0 Å². The fourth-order valence-corrected chi connectivity index (χ4v) is 5.73. The minimum absolute atomic E-state index is 0.389. The smallest absolute Gasteiger partial charge is 0.0617 e. The van der Waals surface area contributed by atoms with Crippen molar-refractivity contribution in [2.45, 2.75) is 45.2 Å². The summed E-state index contributed by atoms with van der Waals surface area (Å²) >= 11 is 0. The van der Waals surface area contributed by atoms with Crippen LogP contribution in [0, 0.1) is 17.8 Å². The van der Waals surface area contributed by atoms with E-state index in [1.165, 1.54) is 24.0 Å². The lowest BCUT2D eigenvalue weighted by molar-refractivity contribution is 0.173.